The van der Waals surface area contributed by atoms with Crippen molar-refractivity contribution in [1.82, 2.24) is 10.3 Å². The number of carbonyl (C=O) groups excluding carboxylic acids is 1. The number of fused-ring (bicyclic) bond motifs is 1. The van der Waals surface area contributed by atoms with Crippen molar-refractivity contribution in [3.8, 4) is 0 Å². The Hall–Kier alpha value is -1.61. The number of para-hydroxylation sites is 1. The lowest BCUT2D eigenvalue weighted by Crippen LogP contribution is -2.24. The van der Waals surface area contributed by atoms with Crippen LogP contribution < -0.4 is 5.32 Å². The summed E-state index contributed by atoms with van der Waals surface area (Å²) in [7, 11) is 0. The molecular weight excluding hydrogens is 200 g/mol. The molecule has 3 nitrogen and oxygen atoms in total. The average Bonchev–Trinajstić information content (AvgIpc) is 3.04. The fourth-order valence-electron chi connectivity index (χ4n) is 1.92. The molecule has 0 atom stereocenters. The Kier molecular flexibility index (Phi) is 2.26. The number of benzene rings is 1. The molecule has 82 valence electrons. The molecule has 0 unspecified atom stereocenters. The lowest BCUT2D eigenvalue weighted by atomic mass is 10.1. The smallest absolute Gasteiger partial charge is 0.178 e. The maximum atomic E-state index is 12.0. The highest BCUT2D eigenvalue weighted by atomic mass is 16.1. The first-order valence-corrected chi connectivity index (χ1v) is 5.67. The van der Waals surface area contributed by atoms with Gasteiger partial charge in [0.2, 0.25) is 0 Å². The number of hydrogen-bond donors (Lipinski definition) is 2. The lowest BCUT2D eigenvalue weighted by molar-refractivity contribution is 0.0992. The van der Waals surface area contributed by atoms with E-state index in [2.05, 4.69) is 10.3 Å². The molecule has 0 radical (unpaired) electrons. The first-order valence-electron chi connectivity index (χ1n) is 5.67. The van der Waals surface area contributed by atoms with Crippen LogP contribution in [0.15, 0.2) is 30.5 Å². The highest BCUT2D eigenvalue weighted by molar-refractivity contribution is 6.08. The monoisotopic (exact) mass is 214 g/mol. The first kappa shape index (κ1) is 9.60. The highest BCUT2D eigenvalue weighted by Crippen LogP contribution is 2.20. The van der Waals surface area contributed by atoms with Crippen LogP contribution in [0.25, 0.3) is 10.9 Å². The summed E-state index contributed by atoms with van der Waals surface area (Å²) >= 11 is 0. The molecule has 1 heterocycles. The standard InChI is InChI=1S/C13H14N2O/c16-13(8-14-9-5-6-9)11-7-15-12-4-2-1-3-10(11)12/h1-4,7,9,14-15H,5-6,8H2. The zero-order valence-corrected chi connectivity index (χ0v) is 8.99. The van der Waals surface area contributed by atoms with Gasteiger partial charge >= 0.3 is 0 Å². The number of rotatable bonds is 4. The third kappa shape index (κ3) is 1.74. The Morgan fingerprint density at radius 2 is 2.19 bits per heavy atom. The molecule has 0 saturated heterocycles. The Bertz CT molecular complexity index is 525. The summed E-state index contributed by atoms with van der Waals surface area (Å²) in [5.74, 6) is 0.171. The number of ketones is 1. The van der Waals surface area contributed by atoms with Crippen LogP contribution >= 0.6 is 0 Å². The van der Waals surface area contributed by atoms with Crippen molar-refractivity contribution in [2.24, 2.45) is 0 Å². The summed E-state index contributed by atoms with van der Waals surface area (Å²) in [4.78, 5) is 15.1. The maximum Gasteiger partial charge on any atom is 0.178 e. The van der Waals surface area contributed by atoms with Crippen molar-refractivity contribution in [3.05, 3.63) is 36.0 Å². The van der Waals surface area contributed by atoms with E-state index in [1.165, 1.54) is 12.8 Å². The second-order valence-electron chi connectivity index (χ2n) is 4.33. The van der Waals surface area contributed by atoms with Crippen molar-refractivity contribution < 1.29 is 4.79 Å². The van der Waals surface area contributed by atoms with Crippen molar-refractivity contribution in [2.45, 2.75) is 18.9 Å². The molecule has 0 spiro atoms. The fraction of sp³-hybridized carbons (Fsp3) is 0.308. The van der Waals surface area contributed by atoms with E-state index >= 15 is 0 Å². The largest absolute Gasteiger partial charge is 0.360 e. The van der Waals surface area contributed by atoms with Crippen LogP contribution in [0.5, 0.6) is 0 Å². The van der Waals surface area contributed by atoms with Gasteiger partial charge in [0.05, 0.1) is 6.54 Å². The Balaban J connectivity index is 1.83. The van der Waals surface area contributed by atoms with E-state index in [4.69, 9.17) is 0 Å². The van der Waals surface area contributed by atoms with Crippen LogP contribution in [0.1, 0.15) is 23.2 Å². The normalized spacial score (nSPS) is 15.5. The van der Waals surface area contributed by atoms with E-state index in [1.807, 2.05) is 30.5 Å². The SMILES string of the molecule is O=C(CNC1CC1)c1c[nH]c2ccccc12. The van der Waals surface area contributed by atoms with Gasteiger partial charge in [-0.3, -0.25) is 4.79 Å². The van der Waals surface area contributed by atoms with E-state index in [0.29, 0.717) is 12.6 Å². The first-order chi connectivity index (χ1) is 7.84. The van der Waals surface area contributed by atoms with E-state index < -0.39 is 0 Å². The van der Waals surface area contributed by atoms with Crippen LogP contribution in [0.4, 0.5) is 0 Å². The number of aromatic amines is 1. The number of aromatic nitrogens is 1. The molecule has 1 fully saturated rings. The molecule has 2 N–H and O–H groups in total. The minimum Gasteiger partial charge on any atom is -0.360 e. The number of nitrogens with one attached hydrogen (secondary N) is 2. The van der Waals surface area contributed by atoms with Gasteiger partial charge in [0, 0.05) is 28.7 Å². The molecule has 1 aliphatic carbocycles. The van der Waals surface area contributed by atoms with Crippen LogP contribution in [-0.2, 0) is 0 Å². The Morgan fingerprint density at radius 3 is 3.00 bits per heavy atom. The third-order valence-corrected chi connectivity index (χ3v) is 3.02. The van der Waals surface area contributed by atoms with Gasteiger partial charge < -0.3 is 10.3 Å². The maximum absolute atomic E-state index is 12.0. The van der Waals surface area contributed by atoms with Gasteiger partial charge in [-0.25, -0.2) is 0 Å². The molecule has 1 aromatic carbocycles. The van der Waals surface area contributed by atoms with Gasteiger partial charge in [-0.1, -0.05) is 18.2 Å². The summed E-state index contributed by atoms with van der Waals surface area (Å²) in [6.45, 7) is 0.451. The molecule has 1 saturated carbocycles. The van der Waals surface area contributed by atoms with Gasteiger partial charge in [-0.05, 0) is 18.9 Å². The van der Waals surface area contributed by atoms with E-state index in [-0.39, 0.29) is 5.78 Å². The molecular formula is C13H14N2O. The van der Waals surface area contributed by atoms with Gasteiger partial charge in [-0.15, -0.1) is 0 Å². The molecule has 0 aliphatic heterocycles. The van der Waals surface area contributed by atoms with Gasteiger partial charge in [0.1, 0.15) is 0 Å². The summed E-state index contributed by atoms with van der Waals surface area (Å²) in [5.41, 5.74) is 1.82. The second-order valence-corrected chi connectivity index (χ2v) is 4.33. The van der Waals surface area contributed by atoms with Crippen molar-refractivity contribution >= 4 is 16.7 Å². The fourth-order valence-corrected chi connectivity index (χ4v) is 1.92. The average molecular weight is 214 g/mol. The molecule has 3 heteroatoms. The molecule has 3 rings (SSSR count). The van der Waals surface area contributed by atoms with E-state index in [1.54, 1.807) is 0 Å². The molecule has 0 amide bonds. The predicted octanol–water partition coefficient (Wildman–Crippen LogP) is 2.10. The molecule has 1 aliphatic rings. The highest BCUT2D eigenvalue weighted by Gasteiger charge is 2.22. The summed E-state index contributed by atoms with van der Waals surface area (Å²) in [6.07, 6.45) is 4.23. The van der Waals surface area contributed by atoms with Crippen molar-refractivity contribution in [2.75, 3.05) is 6.54 Å². The van der Waals surface area contributed by atoms with Gasteiger partial charge in [0.25, 0.3) is 0 Å². The van der Waals surface area contributed by atoms with E-state index in [0.717, 1.165) is 16.5 Å². The van der Waals surface area contributed by atoms with Gasteiger partial charge in [-0.2, -0.15) is 0 Å². The molecule has 16 heavy (non-hydrogen) atoms. The quantitative estimate of drug-likeness (QED) is 0.765. The number of Topliss-reactive ketones (excluding diaryl/α,β-unsaturated/α-hetero) is 1. The molecule has 0 bridgehead atoms. The molecule has 1 aromatic heterocycles. The minimum atomic E-state index is 0.171. The number of carbonyl (C=O) groups is 1. The van der Waals surface area contributed by atoms with E-state index in [9.17, 15) is 4.79 Å². The minimum absolute atomic E-state index is 0.171. The second kappa shape index (κ2) is 3.76. The van der Waals surface area contributed by atoms with Crippen LogP contribution in [0.3, 0.4) is 0 Å². The predicted molar refractivity (Wildman–Crippen MR) is 63.7 cm³/mol. The van der Waals surface area contributed by atoms with Crippen LogP contribution in [-0.4, -0.2) is 23.4 Å². The summed E-state index contributed by atoms with van der Waals surface area (Å²) < 4.78 is 0. The zero-order valence-electron chi connectivity index (χ0n) is 8.99. The Morgan fingerprint density at radius 1 is 1.38 bits per heavy atom. The summed E-state index contributed by atoms with van der Waals surface area (Å²) in [6, 6.07) is 8.47. The summed E-state index contributed by atoms with van der Waals surface area (Å²) in [5, 5.41) is 4.26. The third-order valence-electron chi connectivity index (χ3n) is 3.02. The topological polar surface area (TPSA) is 44.9 Å². The number of H-pyrrole nitrogens is 1. The number of hydrogen-bond acceptors (Lipinski definition) is 2. The van der Waals surface area contributed by atoms with Gasteiger partial charge in [0.15, 0.2) is 5.78 Å². The van der Waals surface area contributed by atoms with Crippen molar-refractivity contribution in [1.29, 1.82) is 0 Å². The zero-order chi connectivity index (χ0) is 11.0. The lowest BCUT2D eigenvalue weighted by Gasteiger charge is -2.00. The van der Waals surface area contributed by atoms with Crippen LogP contribution in [0, 0.1) is 0 Å². The molecule has 2 aromatic rings. The van der Waals surface area contributed by atoms with Crippen molar-refractivity contribution in [3.63, 3.8) is 0 Å². The Labute approximate surface area is 93.9 Å². The van der Waals surface area contributed by atoms with Crippen LogP contribution in [0.2, 0.25) is 0 Å².